The first-order valence-corrected chi connectivity index (χ1v) is 6.60. The molecule has 0 aromatic carbocycles. The van der Waals surface area contributed by atoms with Crippen LogP contribution in [0.1, 0.15) is 39.5 Å². The van der Waals surface area contributed by atoms with Crippen LogP contribution in [0.5, 0.6) is 0 Å². The number of carboxylic acids is 1. The van der Waals surface area contributed by atoms with Gasteiger partial charge >= 0.3 is 12.0 Å². The van der Waals surface area contributed by atoms with E-state index in [-0.39, 0.29) is 24.5 Å². The van der Waals surface area contributed by atoms with E-state index in [2.05, 4.69) is 5.32 Å². The van der Waals surface area contributed by atoms with Crippen LogP contribution in [0.2, 0.25) is 0 Å². The van der Waals surface area contributed by atoms with Crippen LogP contribution in [0.4, 0.5) is 4.79 Å². The number of hydrogen-bond donors (Lipinski definition) is 3. The number of carboxylic acid groups (broad SMARTS) is 1. The van der Waals surface area contributed by atoms with Gasteiger partial charge < -0.3 is 20.4 Å². The van der Waals surface area contributed by atoms with E-state index in [0.717, 1.165) is 6.42 Å². The minimum atomic E-state index is -0.791. The maximum atomic E-state index is 11.6. The Bertz CT molecular complexity index is 292. The van der Waals surface area contributed by atoms with Crippen molar-refractivity contribution in [3.63, 3.8) is 0 Å². The second-order valence-electron chi connectivity index (χ2n) is 5.54. The standard InChI is InChI=1S/C13H26N2O4/c1-13(2,6-5-11(17)18)7-8-14-12(19)15(3)9-4-10-16/h16H,4-10H2,1-3H3,(H,14,19)(H,17,18). The molecule has 0 atom stereocenters. The summed E-state index contributed by atoms with van der Waals surface area (Å²) < 4.78 is 0. The molecular weight excluding hydrogens is 248 g/mol. The summed E-state index contributed by atoms with van der Waals surface area (Å²) in [6.45, 7) is 5.11. The predicted octanol–water partition coefficient (Wildman–Crippen LogP) is 1.29. The van der Waals surface area contributed by atoms with Crippen LogP contribution >= 0.6 is 0 Å². The Morgan fingerprint density at radius 1 is 1.26 bits per heavy atom. The van der Waals surface area contributed by atoms with Gasteiger partial charge in [-0.1, -0.05) is 13.8 Å². The average Bonchev–Trinajstić information content (AvgIpc) is 2.33. The van der Waals surface area contributed by atoms with Gasteiger partial charge in [-0.05, 0) is 24.7 Å². The second-order valence-corrected chi connectivity index (χ2v) is 5.54. The van der Waals surface area contributed by atoms with Crippen molar-refractivity contribution in [1.29, 1.82) is 0 Å². The van der Waals surface area contributed by atoms with Crippen molar-refractivity contribution in [3.8, 4) is 0 Å². The van der Waals surface area contributed by atoms with Crippen molar-refractivity contribution in [2.75, 3.05) is 26.7 Å². The van der Waals surface area contributed by atoms with Crippen molar-refractivity contribution < 1.29 is 19.8 Å². The number of rotatable bonds is 9. The molecule has 6 nitrogen and oxygen atoms in total. The smallest absolute Gasteiger partial charge is 0.317 e. The molecule has 3 N–H and O–H groups in total. The fourth-order valence-corrected chi connectivity index (χ4v) is 1.62. The number of aliphatic hydroxyl groups excluding tert-OH is 1. The van der Waals surface area contributed by atoms with Gasteiger partial charge in [-0.2, -0.15) is 0 Å². The quantitative estimate of drug-likeness (QED) is 0.591. The van der Waals surface area contributed by atoms with Gasteiger partial charge in [0.2, 0.25) is 0 Å². The molecule has 0 rings (SSSR count). The summed E-state index contributed by atoms with van der Waals surface area (Å²) in [6, 6.07) is -0.164. The van der Waals surface area contributed by atoms with Gasteiger partial charge in [0.25, 0.3) is 0 Å². The molecular formula is C13H26N2O4. The molecule has 0 unspecified atom stereocenters. The van der Waals surface area contributed by atoms with Gasteiger partial charge in [0, 0.05) is 33.2 Å². The summed E-state index contributed by atoms with van der Waals surface area (Å²) in [6.07, 6.45) is 2.05. The second kappa shape index (κ2) is 8.74. The molecule has 6 heteroatoms. The molecule has 0 saturated carbocycles. The van der Waals surface area contributed by atoms with Crippen molar-refractivity contribution in [2.24, 2.45) is 5.41 Å². The molecule has 0 spiro atoms. The molecule has 0 bridgehead atoms. The third kappa shape index (κ3) is 9.30. The summed E-state index contributed by atoms with van der Waals surface area (Å²) in [4.78, 5) is 23.7. The fourth-order valence-electron chi connectivity index (χ4n) is 1.62. The van der Waals surface area contributed by atoms with Gasteiger partial charge in [0.15, 0.2) is 0 Å². The van der Waals surface area contributed by atoms with E-state index >= 15 is 0 Å². The number of amides is 2. The zero-order chi connectivity index (χ0) is 14.9. The lowest BCUT2D eigenvalue weighted by atomic mass is 9.84. The summed E-state index contributed by atoms with van der Waals surface area (Å²) in [5.41, 5.74) is -0.102. The molecule has 0 aromatic heterocycles. The number of carbonyl (C=O) groups excluding carboxylic acids is 1. The molecule has 0 aromatic rings. The highest BCUT2D eigenvalue weighted by molar-refractivity contribution is 5.73. The van der Waals surface area contributed by atoms with Crippen LogP contribution in [0.15, 0.2) is 0 Å². The van der Waals surface area contributed by atoms with Crippen LogP contribution in [0.25, 0.3) is 0 Å². The molecule has 0 fully saturated rings. The van der Waals surface area contributed by atoms with Gasteiger partial charge in [0.05, 0.1) is 0 Å². The van der Waals surface area contributed by atoms with E-state index in [9.17, 15) is 9.59 Å². The van der Waals surface area contributed by atoms with E-state index in [4.69, 9.17) is 10.2 Å². The lowest BCUT2D eigenvalue weighted by Gasteiger charge is -2.25. The average molecular weight is 274 g/mol. The minimum Gasteiger partial charge on any atom is -0.481 e. The first-order valence-electron chi connectivity index (χ1n) is 6.60. The third-order valence-corrected chi connectivity index (χ3v) is 3.09. The lowest BCUT2D eigenvalue weighted by molar-refractivity contribution is -0.137. The Morgan fingerprint density at radius 2 is 1.89 bits per heavy atom. The highest BCUT2D eigenvalue weighted by atomic mass is 16.4. The Morgan fingerprint density at radius 3 is 2.42 bits per heavy atom. The van der Waals surface area contributed by atoms with Crippen LogP contribution in [-0.4, -0.2) is 53.9 Å². The van der Waals surface area contributed by atoms with E-state index in [1.54, 1.807) is 7.05 Å². The van der Waals surface area contributed by atoms with E-state index in [1.165, 1.54) is 4.90 Å². The number of hydrogen-bond acceptors (Lipinski definition) is 3. The van der Waals surface area contributed by atoms with Crippen LogP contribution in [0, 0.1) is 5.41 Å². The monoisotopic (exact) mass is 274 g/mol. The molecule has 0 heterocycles. The van der Waals surface area contributed by atoms with Crippen molar-refractivity contribution >= 4 is 12.0 Å². The summed E-state index contributed by atoms with van der Waals surface area (Å²) >= 11 is 0. The summed E-state index contributed by atoms with van der Waals surface area (Å²) in [5, 5.41) is 20.1. The minimum absolute atomic E-state index is 0.0693. The Hall–Kier alpha value is -1.30. The van der Waals surface area contributed by atoms with E-state index in [0.29, 0.717) is 25.9 Å². The zero-order valence-corrected chi connectivity index (χ0v) is 12.1. The number of nitrogens with zero attached hydrogens (tertiary/aromatic N) is 1. The normalized spacial score (nSPS) is 11.2. The van der Waals surface area contributed by atoms with E-state index in [1.807, 2.05) is 13.8 Å². The topological polar surface area (TPSA) is 89.9 Å². The molecule has 19 heavy (non-hydrogen) atoms. The van der Waals surface area contributed by atoms with Gasteiger partial charge in [0.1, 0.15) is 0 Å². The molecule has 0 aliphatic carbocycles. The van der Waals surface area contributed by atoms with Gasteiger partial charge in [-0.3, -0.25) is 4.79 Å². The van der Waals surface area contributed by atoms with E-state index < -0.39 is 5.97 Å². The van der Waals surface area contributed by atoms with Gasteiger partial charge in [-0.25, -0.2) is 4.79 Å². The Balaban J connectivity index is 3.87. The fraction of sp³-hybridized carbons (Fsp3) is 0.846. The lowest BCUT2D eigenvalue weighted by Crippen LogP contribution is -2.39. The van der Waals surface area contributed by atoms with Crippen LogP contribution in [-0.2, 0) is 4.79 Å². The first-order chi connectivity index (χ1) is 8.78. The molecule has 0 saturated heterocycles. The highest BCUT2D eigenvalue weighted by Gasteiger charge is 2.19. The van der Waals surface area contributed by atoms with Crippen LogP contribution in [0.3, 0.4) is 0 Å². The highest BCUT2D eigenvalue weighted by Crippen LogP contribution is 2.25. The number of carbonyl (C=O) groups is 2. The number of aliphatic hydroxyl groups is 1. The first kappa shape index (κ1) is 17.7. The van der Waals surface area contributed by atoms with Gasteiger partial charge in [-0.15, -0.1) is 0 Å². The zero-order valence-electron chi connectivity index (χ0n) is 12.1. The van der Waals surface area contributed by atoms with Crippen molar-refractivity contribution in [3.05, 3.63) is 0 Å². The molecule has 112 valence electrons. The predicted molar refractivity (Wildman–Crippen MR) is 73.0 cm³/mol. The SMILES string of the molecule is CN(CCCO)C(=O)NCCC(C)(C)CCC(=O)O. The number of aliphatic carboxylic acids is 1. The Kier molecular flexibility index (Phi) is 8.14. The summed E-state index contributed by atoms with van der Waals surface area (Å²) in [7, 11) is 1.68. The summed E-state index contributed by atoms with van der Waals surface area (Å²) in [5.74, 6) is -0.791. The maximum absolute atomic E-state index is 11.6. The Labute approximate surface area is 114 Å². The number of nitrogens with one attached hydrogen (secondary N) is 1. The molecule has 0 aliphatic rings. The maximum Gasteiger partial charge on any atom is 0.317 e. The third-order valence-electron chi connectivity index (χ3n) is 3.09. The molecule has 0 aliphatic heterocycles. The molecule has 0 radical (unpaired) electrons. The van der Waals surface area contributed by atoms with Crippen molar-refractivity contribution in [2.45, 2.75) is 39.5 Å². The molecule has 2 amide bonds. The van der Waals surface area contributed by atoms with Crippen molar-refractivity contribution in [1.82, 2.24) is 10.2 Å². The number of urea groups is 1. The largest absolute Gasteiger partial charge is 0.481 e. The van der Waals surface area contributed by atoms with Crippen LogP contribution < -0.4 is 5.32 Å².